The van der Waals surface area contributed by atoms with Gasteiger partial charge >= 0.3 is 19.5 Å². The van der Waals surface area contributed by atoms with Crippen LogP contribution in [0, 0.1) is 0 Å². The van der Waals surface area contributed by atoms with Gasteiger partial charge in [0.1, 0.15) is 0 Å². The van der Waals surface area contributed by atoms with Crippen LogP contribution in [0.25, 0.3) is 0 Å². The van der Waals surface area contributed by atoms with E-state index in [1.54, 1.807) is 0 Å². The summed E-state index contributed by atoms with van der Waals surface area (Å²) in [4.78, 5) is 7.88. The van der Waals surface area contributed by atoms with Gasteiger partial charge in [-0.1, -0.05) is 26.7 Å². The molecule has 0 N–H and O–H groups in total. The Bertz CT molecular complexity index is 332. The van der Waals surface area contributed by atoms with Gasteiger partial charge in [0.15, 0.2) is 0 Å². The van der Waals surface area contributed by atoms with Crippen molar-refractivity contribution in [1.29, 1.82) is 0 Å². The largest absolute Gasteiger partial charge is 3.00 e. The van der Waals surface area contributed by atoms with Crippen molar-refractivity contribution < 1.29 is 19.5 Å². The average molecular weight is 349 g/mol. The topological polar surface area (TPSA) is 35.6 Å². The Morgan fingerprint density at radius 1 is 0.789 bits per heavy atom. The van der Waals surface area contributed by atoms with E-state index >= 15 is 0 Å². The molecule has 0 aliphatic carbocycles. The first-order valence-electron chi connectivity index (χ1n) is 6.78. The van der Waals surface area contributed by atoms with Crippen molar-refractivity contribution in [2.45, 2.75) is 52.6 Å². The third-order valence-corrected chi connectivity index (χ3v) is 2.66. The average Bonchev–Trinajstić information content (AvgIpc) is 3.07. The number of aryl methyl sites for hydroxylation is 2. The third-order valence-electron chi connectivity index (χ3n) is 2.66. The fourth-order valence-corrected chi connectivity index (χ4v) is 1.52. The number of hydrogen-bond acceptors (Lipinski definition) is 2. The first kappa shape index (κ1) is 18.0. The van der Waals surface area contributed by atoms with Crippen LogP contribution in [0.2, 0.25) is 0 Å². The zero-order valence-corrected chi connectivity index (χ0v) is 13.6. The maximum Gasteiger partial charge on any atom is 3.00 e. The molecule has 0 unspecified atom stereocenters. The molecule has 0 fully saturated rings. The van der Waals surface area contributed by atoms with E-state index < -0.39 is 0 Å². The first-order valence-corrected chi connectivity index (χ1v) is 6.78. The van der Waals surface area contributed by atoms with E-state index in [0.717, 1.165) is 13.1 Å². The number of nitrogens with zero attached hydrogens (tertiary/aromatic N) is 4. The number of rotatable bonds is 6. The molecule has 2 aromatic heterocycles. The SMILES string of the molecule is CCCCn1ccnc1.CCCCn1ccnc1.[Ru+3]. The molecule has 0 spiro atoms. The van der Waals surface area contributed by atoms with Crippen LogP contribution in [-0.2, 0) is 32.6 Å². The minimum Gasteiger partial charge on any atom is -0.337 e. The molecule has 0 aliphatic heterocycles. The predicted octanol–water partition coefficient (Wildman–Crippen LogP) is 3.36. The molecule has 5 heteroatoms. The molecule has 0 amide bonds. The van der Waals surface area contributed by atoms with Crippen LogP contribution >= 0.6 is 0 Å². The van der Waals surface area contributed by atoms with E-state index in [4.69, 9.17) is 0 Å². The Morgan fingerprint density at radius 3 is 1.47 bits per heavy atom. The second kappa shape index (κ2) is 12.1. The van der Waals surface area contributed by atoms with Crippen LogP contribution < -0.4 is 0 Å². The number of hydrogen-bond donors (Lipinski definition) is 0. The Balaban J connectivity index is 0.000000324. The van der Waals surface area contributed by atoms with Gasteiger partial charge in [-0.15, -0.1) is 0 Å². The molecule has 0 saturated carbocycles. The van der Waals surface area contributed by atoms with Gasteiger partial charge in [-0.05, 0) is 12.8 Å². The fraction of sp³-hybridized carbons (Fsp3) is 0.571. The zero-order valence-electron chi connectivity index (χ0n) is 11.8. The van der Waals surface area contributed by atoms with Crippen molar-refractivity contribution in [3.05, 3.63) is 37.4 Å². The minimum absolute atomic E-state index is 0. The summed E-state index contributed by atoms with van der Waals surface area (Å²) in [7, 11) is 0. The van der Waals surface area contributed by atoms with E-state index in [2.05, 4.69) is 32.9 Å². The zero-order chi connectivity index (χ0) is 13.1. The van der Waals surface area contributed by atoms with Crippen LogP contribution in [0.4, 0.5) is 0 Å². The van der Waals surface area contributed by atoms with Gasteiger partial charge in [-0.2, -0.15) is 0 Å². The molecule has 105 valence electrons. The molecule has 19 heavy (non-hydrogen) atoms. The van der Waals surface area contributed by atoms with E-state index in [-0.39, 0.29) is 19.5 Å². The summed E-state index contributed by atoms with van der Waals surface area (Å²) in [6.45, 7) is 6.60. The predicted molar refractivity (Wildman–Crippen MR) is 74.3 cm³/mol. The Morgan fingerprint density at radius 2 is 1.21 bits per heavy atom. The summed E-state index contributed by atoms with van der Waals surface area (Å²) >= 11 is 0. The molecular formula is C14H24N4Ru+3. The van der Waals surface area contributed by atoms with Gasteiger partial charge in [-0.25, -0.2) is 9.97 Å². The van der Waals surface area contributed by atoms with E-state index in [1.165, 1.54) is 25.7 Å². The second-order valence-electron chi connectivity index (χ2n) is 4.31. The Hall–Kier alpha value is -0.957. The van der Waals surface area contributed by atoms with Crippen molar-refractivity contribution in [2.75, 3.05) is 0 Å². The summed E-state index contributed by atoms with van der Waals surface area (Å²) in [5.74, 6) is 0. The smallest absolute Gasteiger partial charge is 0.337 e. The third kappa shape index (κ3) is 8.71. The number of imidazole rings is 2. The standard InChI is InChI=1S/2C7H12N2.Ru/c2*1-2-3-5-9-6-4-8-7-9;/h2*4,6-7H,2-3,5H2,1H3;/q;;+3. The van der Waals surface area contributed by atoms with E-state index in [1.807, 2.05) is 37.4 Å². The maximum absolute atomic E-state index is 3.94. The van der Waals surface area contributed by atoms with Crippen molar-refractivity contribution in [3.8, 4) is 0 Å². The van der Waals surface area contributed by atoms with Crippen molar-refractivity contribution in [2.24, 2.45) is 0 Å². The van der Waals surface area contributed by atoms with Crippen LogP contribution in [0.3, 0.4) is 0 Å². The molecule has 2 rings (SSSR count). The number of unbranched alkanes of at least 4 members (excludes halogenated alkanes) is 2. The van der Waals surface area contributed by atoms with Gasteiger partial charge in [0.25, 0.3) is 0 Å². The van der Waals surface area contributed by atoms with Crippen LogP contribution in [0.1, 0.15) is 39.5 Å². The molecule has 0 aliphatic rings. The van der Waals surface area contributed by atoms with Crippen molar-refractivity contribution in [3.63, 3.8) is 0 Å². The number of aromatic nitrogens is 4. The van der Waals surface area contributed by atoms with Gasteiger partial charge in [0.2, 0.25) is 0 Å². The van der Waals surface area contributed by atoms with Gasteiger partial charge in [-0.3, -0.25) is 0 Å². The van der Waals surface area contributed by atoms with Crippen molar-refractivity contribution >= 4 is 0 Å². The quantitative estimate of drug-likeness (QED) is 0.750. The van der Waals surface area contributed by atoms with Gasteiger partial charge in [0.05, 0.1) is 12.7 Å². The molecule has 0 saturated heterocycles. The van der Waals surface area contributed by atoms with Crippen molar-refractivity contribution in [1.82, 2.24) is 19.1 Å². The Labute approximate surface area is 129 Å². The van der Waals surface area contributed by atoms with E-state index in [0.29, 0.717) is 0 Å². The molecule has 1 radical (unpaired) electrons. The summed E-state index contributed by atoms with van der Waals surface area (Å²) in [5, 5.41) is 0. The summed E-state index contributed by atoms with van der Waals surface area (Å²) in [6, 6.07) is 0. The molecule has 2 aromatic rings. The van der Waals surface area contributed by atoms with Crippen LogP contribution in [0.5, 0.6) is 0 Å². The molecule has 0 bridgehead atoms. The summed E-state index contributed by atoms with van der Waals surface area (Å²) in [6.07, 6.45) is 16.3. The van der Waals surface area contributed by atoms with Gasteiger partial charge < -0.3 is 9.13 Å². The first-order chi connectivity index (χ1) is 8.86. The molecular weight excluding hydrogens is 325 g/mol. The second-order valence-corrected chi connectivity index (χ2v) is 4.31. The monoisotopic (exact) mass is 350 g/mol. The fourth-order valence-electron chi connectivity index (χ4n) is 1.52. The normalized spacial score (nSPS) is 9.37. The molecule has 4 nitrogen and oxygen atoms in total. The summed E-state index contributed by atoms with van der Waals surface area (Å²) in [5.41, 5.74) is 0. The summed E-state index contributed by atoms with van der Waals surface area (Å²) < 4.78 is 4.20. The van der Waals surface area contributed by atoms with E-state index in [9.17, 15) is 0 Å². The molecule has 0 atom stereocenters. The van der Waals surface area contributed by atoms with Gasteiger partial charge in [0, 0.05) is 37.9 Å². The Kier molecular flexibility index (Phi) is 11.5. The molecule has 2 heterocycles. The maximum atomic E-state index is 3.94. The minimum atomic E-state index is 0. The van der Waals surface area contributed by atoms with Crippen LogP contribution in [-0.4, -0.2) is 19.1 Å². The van der Waals surface area contributed by atoms with Crippen LogP contribution in [0.15, 0.2) is 37.4 Å². The molecule has 0 aromatic carbocycles.